The molecular formula is C22H28ClF3N4O2. The minimum absolute atomic E-state index is 0.000794. The lowest BCUT2D eigenvalue weighted by Gasteiger charge is -2.38. The molecule has 4 atom stereocenters. The van der Waals surface area contributed by atoms with E-state index in [1.807, 2.05) is 12.2 Å². The molecule has 0 bridgehead atoms. The Balaban J connectivity index is 1.37. The molecule has 1 saturated carbocycles. The quantitative estimate of drug-likeness (QED) is 0.569. The van der Waals surface area contributed by atoms with Crippen LogP contribution in [-0.4, -0.2) is 48.4 Å². The Morgan fingerprint density at radius 3 is 2.75 bits per heavy atom. The van der Waals surface area contributed by atoms with Crippen molar-refractivity contribution >= 4 is 17.5 Å². The van der Waals surface area contributed by atoms with Crippen LogP contribution < -0.4 is 16.0 Å². The Labute approximate surface area is 190 Å². The van der Waals surface area contributed by atoms with Crippen molar-refractivity contribution in [3.63, 3.8) is 0 Å². The molecule has 4 aliphatic rings. The number of allylic oxidation sites excluding steroid dienone is 2. The van der Waals surface area contributed by atoms with Crippen LogP contribution in [0.1, 0.15) is 44.9 Å². The third kappa shape index (κ3) is 5.09. The molecule has 32 heavy (non-hydrogen) atoms. The summed E-state index contributed by atoms with van der Waals surface area (Å²) in [6.07, 6.45) is 6.70. The number of halogens is 4. The Hall–Kier alpha value is -2.13. The van der Waals surface area contributed by atoms with Crippen LogP contribution in [-0.2, 0) is 9.53 Å². The van der Waals surface area contributed by atoms with Crippen molar-refractivity contribution < 1.29 is 22.7 Å². The Bertz CT molecular complexity index is 868. The Morgan fingerprint density at radius 1 is 1.28 bits per heavy atom. The van der Waals surface area contributed by atoms with Crippen molar-refractivity contribution in [2.24, 2.45) is 0 Å². The van der Waals surface area contributed by atoms with Crippen LogP contribution in [0.4, 0.5) is 13.2 Å². The van der Waals surface area contributed by atoms with E-state index in [-0.39, 0.29) is 24.1 Å². The van der Waals surface area contributed by atoms with Crippen LogP contribution >= 0.6 is 11.6 Å². The largest absolute Gasteiger partial charge is 0.432 e. The molecule has 1 fully saturated rings. The normalized spacial score (nSPS) is 30.3. The van der Waals surface area contributed by atoms with E-state index < -0.39 is 18.0 Å². The summed E-state index contributed by atoms with van der Waals surface area (Å²) in [7, 11) is 1.64. The van der Waals surface area contributed by atoms with Crippen molar-refractivity contribution in [1.82, 2.24) is 20.9 Å². The summed E-state index contributed by atoms with van der Waals surface area (Å²) in [6, 6.07) is -0.00595. The van der Waals surface area contributed by atoms with Gasteiger partial charge in [0.05, 0.1) is 11.1 Å². The minimum atomic E-state index is -4.43. The van der Waals surface area contributed by atoms with E-state index in [4.69, 9.17) is 16.3 Å². The molecule has 0 saturated heterocycles. The molecule has 0 aromatic rings. The van der Waals surface area contributed by atoms with Crippen LogP contribution in [0.2, 0.25) is 0 Å². The first-order valence-electron chi connectivity index (χ1n) is 11.0. The van der Waals surface area contributed by atoms with Crippen molar-refractivity contribution in [3.8, 4) is 0 Å². The molecule has 176 valence electrons. The van der Waals surface area contributed by atoms with Gasteiger partial charge in [0.1, 0.15) is 17.7 Å². The molecule has 2 aliphatic heterocycles. The Kier molecular flexibility index (Phi) is 6.76. The number of ether oxygens (including phenoxy) is 1. The van der Waals surface area contributed by atoms with E-state index in [1.165, 1.54) is 0 Å². The average molecular weight is 473 g/mol. The number of hydrogen-bond donors (Lipinski definition) is 3. The van der Waals surface area contributed by atoms with E-state index in [2.05, 4.69) is 16.0 Å². The molecule has 2 heterocycles. The molecule has 2 aliphatic carbocycles. The number of methoxy groups -OCH3 is 1. The van der Waals surface area contributed by atoms with Gasteiger partial charge in [-0.3, -0.25) is 4.79 Å². The second-order valence-corrected chi connectivity index (χ2v) is 9.06. The van der Waals surface area contributed by atoms with Crippen molar-refractivity contribution in [2.75, 3.05) is 7.11 Å². The van der Waals surface area contributed by atoms with E-state index in [0.29, 0.717) is 42.1 Å². The molecular weight excluding hydrogens is 445 g/mol. The number of alkyl halides is 3. The molecule has 0 aromatic carbocycles. The van der Waals surface area contributed by atoms with Gasteiger partial charge in [0, 0.05) is 31.0 Å². The molecule has 2 unspecified atom stereocenters. The molecule has 4 rings (SSSR count). The first kappa shape index (κ1) is 23.0. The van der Waals surface area contributed by atoms with Gasteiger partial charge in [0.25, 0.3) is 5.91 Å². The highest BCUT2D eigenvalue weighted by molar-refractivity contribution is 6.29. The van der Waals surface area contributed by atoms with Crippen LogP contribution in [0, 0.1) is 0 Å². The number of carbonyl (C=O) groups excluding carboxylic acids is 1. The number of nitrogens with zero attached hydrogens (tertiary/aromatic N) is 1. The lowest BCUT2D eigenvalue weighted by atomic mass is 9.90. The van der Waals surface area contributed by atoms with E-state index in [1.54, 1.807) is 18.1 Å². The summed E-state index contributed by atoms with van der Waals surface area (Å²) in [4.78, 5) is 14.2. The van der Waals surface area contributed by atoms with Crippen LogP contribution in [0.5, 0.6) is 0 Å². The van der Waals surface area contributed by atoms with E-state index >= 15 is 0 Å². The second-order valence-electron chi connectivity index (χ2n) is 8.61. The van der Waals surface area contributed by atoms with E-state index in [0.717, 1.165) is 25.5 Å². The van der Waals surface area contributed by atoms with Gasteiger partial charge in [-0.1, -0.05) is 29.8 Å². The zero-order chi connectivity index (χ0) is 22.9. The fourth-order valence-corrected chi connectivity index (χ4v) is 4.90. The highest BCUT2D eigenvalue weighted by Crippen LogP contribution is 2.36. The Morgan fingerprint density at radius 2 is 2.06 bits per heavy atom. The van der Waals surface area contributed by atoms with Gasteiger partial charge >= 0.3 is 6.18 Å². The summed E-state index contributed by atoms with van der Waals surface area (Å²) in [5.41, 5.74) is -0.131. The lowest BCUT2D eigenvalue weighted by Crippen LogP contribution is -2.49. The smallest absolute Gasteiger partial charge is 0.377 e. The molecule has 6 nitrogen and oxygen atoms in total. The topological polar surface area (TPSA) is 65.6 Å². The van der Waals surface area contributed by atoms with Crippen molar-refractivity contribution in [3.05, 3.63) is 46.6 Å². The zero-order valence-corrected chi connectivity index (χ0v) is 18.6. The number of rotatable bonds is 5. The van der Waals surface area contributed by atoms with Gasteiger partial charge in [-0.05, 0) is 44.9 Å². The van der Waals surface area contributed by atoms with Gasteiger partial charge in [-0.25, -0.2) is 0 Å². The van der Waals surface area contributed by atoms with Gasteiger partial charge in [-0.2, -0.15) is 13.2 Å². The third-order valence-corrected chi connectivity index (χ3v) is 6.73. The zero-order valence-electron chi connectivity index (χ0n) is 17.8. The maximum absolute atomic E-state index is 13.2. The maximum atomic E-state index is 13.2. The SMILES string of the molecule is COC1C=CC(C(=O)N[C@@H]2CCC[C@H](NC3=C(Cl)CCC4NC(C(F)(F)F)=CN34)C2)=CC1. The maximum Gasteiger partial charge on any atom is 0.432 e. The second kappa shape index (κ2) is 9.39. The van der Waals surface area contributed by atoms with Crippen molar-refractivity contribution in [1.29, 1.82) is 0 Å². The first-order chi connectivity index (χ1) is 15.2. The van der Waals surface area contributed by atoms with E-state index in [9.17, 15) is 18.0 Å². The highest BCUT2D eigenvalue weighted by Gasteiger charge is 2.43. The standard InChI is InChI=1S/C22H28ClF3N4O2/c1-32-16-7-5-13(6-8-16)21(31)28-15-4-2-3-14(11-15)27-20-17(23)9-10-19-29-18(12-30(19)20)22(24,25)26/h5-7,12,14-16,19,27,29H,2-4,8-11H2,1H3,(H,28,31)/t14-,15+,16?,19?/m0/s1. The summed E-state index contributed by atoms with van der Waals surface area (Å²) in [6.45, 7) is 0. The molecule has 1 amide bonds. The molecule has 0 aromatic heterocycles. The molecule has 3 N–H and O–H groups in total. The number of nitrogens with one attached hydrogen (secondary N) is 3. The predicted octanol–water partition coefficient (Wildman–Crippen LogP) is 3.74. The fraction of sp³-hybridized carbons (Fsp3) is 0.591. The van der Waals surface area contributed by atoms with Gasteiger partial charge in [0.15, 0.2) is 0 Å². The predicted molar refractivity (Wildman–Crippen MR) is 115 cm³/mol. The lowest BCUT2D eigenvalue weighted by molar-refractivity contribution is -0.118. The molecule has 0 radical (unpaired) electrons. The number of amides is 1. The summed E-state index contributed by atoms with van der Waals surface area (Å²) >= 11 is 6.42. The van der Waals surface area contributed by atoms with Crippen molar-refractivity contribution in [2.45, 2.75) is 75.5 Å². The number of hydrogen-bond acceptors (Lipinski definition) is 5. The summed E-state index contributed by atoms with van der Waals surface area (Å²) in [5.74, 6) is 0.410. The van der Waals surface area contributed by atoms with Gasteiger partial charge in [-0.15, -0.1) is 0 Å². The monoisotopic (exact) mass is 472 g/mol. The number of carbonyl (C=O) groups is 1. The summed E-state index contributed by atoms with van der Waals surface area (Å²) in [5, 5.41) is 9.55. The average Bonchev–Trinajstić information content (AvgIpc) is 3.21. The highest BCUT2D eigenvalue weighted by atomic mass is 35.5. The third-order valence-electron chi connectivity index (χ3n) is 6.36. The first-order valence-corrected chi connectivity index (χ1v) is 11.3. The number of fused-ring (bicyclic) bond motifs is 1. The van der Waals surface area contributed by atoms with Gasteiger partial charge < -0.3 is 25.6 Å². The minimum Gasteiger partial charge on any atom is -0.377 e. The van der Waals surface area contributed by atoms with Gasteiger partial charge in [0.2, 0.25) is 0 Å². The van der Waals surface area contributed by atoms with Crippen LogP contribution in [0.15, 0.2) is 46.6 Å². The molecule has 10 heteroatoms. The summed E-state index contributed by atoms with van der Waals surface area (Å²) < 4.78 is 44.8. The fourth-order valence-electron chi connectivity index (χ4n) is 4.63. The van der Waals surface area contributed by atoms with Crippen LogP contribution in [0.3, 0.4) is 0 Å². The van der Waals surface area contributed by atoms with Crippen LogP contribution in [0.25, 0.3) is 0 Å². The molecule has 0 spiro atoms.